The van der Waals surface area contributed by atoms with Gasteiger partial charge in [0.2, 0.25) is 0 Å². The highest BCUT2D eigenvalue weighted by Gasteiger charge is 2.28. The number of Topliss-reactive ketones (excluding diaryl/α,β-unsaturated/α-hetero) is 1. The van der Waals surface area contributed by atoms with Crippen LogP contribution >= 0.6 is 0 Å². The number of hydrogen-bond acceptors (Lipinski definition) is 3. The third-order valence-corrected chi connectivity index (χ3v) is 1.99. The van der Waals surface area contributed by atoms with E-state index >= 15 is 0 Å². The van der Waals surface area contributed by atoms with Gasteiger partial charge in [0.1, 0.15) is 19.0 Å². The van der Waals surface area contributed by atoms with Crippen LogP contribution in [0.1, 0.15) is 17.3 Å². The first-order chi connectivity index (χ1) is 8.44. The fraction of sp³-hybridized carbons (Fsp3) is 0.417. The molecule has 0 aliphatic carbocycles. The van der Waals surface area contributed by atoms with Gasteiger partial charge in [-0.3, -0.25) is 4.79 Å². The fourth-order valence-electron chi connectivity index (χ4n) is 1.32. The highest BCUT2D eigenvalue weighted by Crippen LogP contribution is 2.19. The molecule has 18 heavy (non-hydrogen) atoms. The molecule has 1 aromatic rings. The van der Waals surface area contributed by atoms with E-state index in [0.717, 1.165) is 0 Å². The summed E-state index contributed by atoms with van der Waals surface area (Å²) in [6, 6.07) is 6.36. The van der Waals surface area contributed by atoms with Gasteiger partial charge in [0.25, 0.3) is 0 Å². The van der Waals surface area contributed by atoms with Gasteiger partial charge in [-0.1, -0.05) is 12.1 Å². The number of ketones is 1. The Kier molecular flexibility index (Phi) is 5.15. The van der Waals surface area contributed by atoms with Crippen molar-refractivity contribution in [2.24, 2.45) is 0 Å². The Hall–Kier alpha value is -1.56. The van der Waals surface area contributed by atoms with E-state index in [2.05, 4.69) is 4.74 Å². The minimum atomic E-state index is -4.43. The Morgan fingerprint density at radius 1 is 1.28 bits per heavy atom. The summed E-state index contributed by atoms with van der Waals surface area (Å²) >= 11 is 0. The Labute approximate surface area is 103 Å². The second-order valence-electron chi connectivity index (χ2n) is 3.46. The van der Waals surface area contributed by atoms with Gasteiger partial charge in [0.15, 0.2) is 5.78 Å². The maximum absolute atomic E-state index is 11.8. The monoisotopic (exact) mass is 262 g/mol. The zero-order valence-electron chi connectivity index (χ0n) is 9.79. The van der Waals surface area contributed by atoms with Crippen LogP contribution in [0.5, 0.6) is 5.75 Å². The molecule has 0 aliphatic heterocycles. The number of hydrogen-bond donors (Lipinski definition) is 0. The first-order valence-corrected chi connectivity index (χ1v) is 5.33. The molecule has 6 heteroatoms. The van der Waals surface area contributed by atoms with Crippen LogP contribution in [-0.2, 0) is 4.74 Å². The lowest BCUT2D eigenvalue weighted by Crippen LogP contribution is -2.20. The molecule has 1 rings (SSSR count). The molecule has 0 saturated carbocycles. The van der Waals surface area contributed by atoms with Crippen LogP contribution in [0.3, 0.4) is 0 Å². The van der Waals surface area contributed by atoms with Gasteiger partial charge in [-0.2, -0.15) is 13.2 Å². The van der Waals surface area contributed by atoms with Crippen LogP contribution in [0.25, 0.3) is 0 Å². The first kappa shape index (κ1) is 14.5. The van der Waals surface area contributed by atoms with Crippen molar-refractivity contribution >= 4 is 5.78 Å². The molecule has 0 bridgehead atoms. The van der Waals surface area contributed by atoms with Crippen molar-refractivity contribution in [2.75, 3.05) is 19.8 Å². The fourth-order valence-corrected chi connectivity index (χ4v) is 1.32. The van der Waals surface area contributed by atoms with E-state index in [9.17, 15) is 18.0 Å². The number of benzene rings is 1. The predicted molar refractivity (Wildman–Crippen MR) is 58.8 cm³/mol. The van der Waals surface area contributed by atoms with E-state index in [1.54, 1.807) is 25.1 Å². The Morgan fingerprint density at radius 2 is 1.94 bits per heavy atom. The number of carbonyl (C=O) groups is 1. The highest BCUT2D eigenvalue weighted by molar-refractivity contribution is 5.99. The van der Waals surface area contributed by atoms with Gasteiger partial charge in [0, 0.05) is 0 Å². The normalized spacial score (nSPS) is 11.3. The van der Waals surface area contributed by atoms with Crippen molar-refractivity contribution in [3.05, 3.63) is 29.8 Å². The standard InChI is InChI=1S/C12H13F3O3/c1-2-18-11-6-4-3-5-9(11)10(16)7-17-8-12(13,14)15/h3-6H,2,7-8H2,1H3. The Balaban J connectivity index is 2.61. The average molecular weight is 262 g/mol. The molecular formula is C12H13F3O3. The SMILES string of the molecule is CCOc1ccccc1C(=O)COCC(F)(F)F. The van der Waals surface area contributed by atoms with Crippen molar-refractivity contribution in [1.82, 2.24) is 0 Å². The lowest BCUT2D eigenvalue weighted by atomic mass is 10.1. The molecule has 0 radical (unpaired) electrons. The van der Waals surface area contributed by atoms with Crippen LogP contribution in [-0.4, -0.2) is 31.8 Å². The van der Waals surface area contributed by atoms with E-state index in [4.69, 9.17) is 4.74 Å². The maximum Gasteiger partial charge on any atom is 0.411 e. The Bertz CT molecular complexity index is 402. The topological polar surface area (TPSA) is 35.5 Å². The number of alkyl halides is 3. The molecule has 0 fully saturated rings. The van der Waals surface area contributed by atoms with Gasteiger partial charge >= 0.3 is 6.18 Å². The summed E-state index contributed by atoms with van der Waals surface area (Å²) in [5.41, 5.74) is 0.224. The van der Waals surface area contributed by atoms with Crippen molar-refractivity contribution in [1.29, 1.82) is 0 Å². The molecular weight excluding hydrogens is 249 g/mol. The molecule has 3 nitrogen and oxygen atoms in total. The van der Waals surface area contributed by atoms with Gasteiger partial charge in [0.05, 0.1) is 12.2 Å². The summed E-state index contributed by atoms with van der Waals surface area (Å²) < 4.78 is 45.1. The summed E-state index contributed by atoms with van der Waals surface area (Å²) in [6.45, 7) is 0.0637. The van der Waals surface area contributed by atoms with Crippen LogP contribution in [0.15, 0.2) is 24.3 Å². The van der Waals surface area contributed by atoms with E-state index in [0.29, 0.717) is 12.4 Å². The number of ether oxygens (including phenoxy) is 2. The molecule has 0 N–H and O–H groups in total. The summed E-state index contributed by atoms with van der Waals surface area (Å²) in [5, 5.41) is 0. The van der Waals surface area contributed by atoms with Gasteiger partial charge in [-0.15, -0.1) is 0 Å². The third kappa shape index (κ3) is 4.75. The molecule has 0 aliphatic rings. The quantitative estimate of drug-likeness (QED) is 0.739. The molecule has 0 atom stereocenters. The molecule has 0 saturated heterocycles. The molecule has 0 aromatic heterocycles. The van der Waals surface area contributed by atoms with Gasteiger partial charge in [-0.05, 0) is 19.1 Å². The maximum atomic E-state index is 11.8. The number of carbonyl (C=O) groups excluding carboxylic acids is 1. The van der Waals surface area contributed by atoms with Crippen LogP contribution in [0, 0.1) is 0 Å². The van der Waals surface area contributed by atoms with E-state index in [-0.39, 0.29) is 5.56 Å². The third-order valence-electron chi connectivity index (χ3n) is 1.99. The lowest BCUT2D eigenvalue weighted by molar-refractivity contribution is -0.170. The molecule has 0 heterocycles. The summed E-state index contributed by atoms with van der Waals surface area (Å²) in [7, 11) is 0. The van der Waals surface area contributed by atoms with Crippen LogP contribution in [0.4, 0.5) is 13.2 Å². The molecule has 1 aromatic carbocycles. The predicted octanol–water partition coefficient (Wildman–Crippen LogP) is 2.85. The van der Waals surface area contributed by atoms with Gasteiger partial charge < -0.3 is 9.47 Å². The van der Waals surface area contributed by atoms with Crippen molar-refractivity contribution < 1.29 is 27.4 Å². The molecule has 0 spiro atoms. The Morgan fingerprint density at radius 3 is 2.56 bits per heavy atom. The smallest absolute Gasteiger partial charge is 0.411 e. The van der Waals surface area contributed by atoms with E-state index < -0.39 is 25.2 Å². The average Bonchev–Trinajstić information content (AvgIpc) is 2.28. The van der Waals surface area contributed by atoms with Crippen molar-refractivity contribution in [3.63, 3.8) is 0 Å². The van der Waals surface area contributed by atoms with Gasteiger partial charge in [-0.25, -0.2) is 0 Å². The minimum absolute atomic E-state index is 0.224. The summed E-state index contributed by atoms with van der Waals surface area (Å²) in [6.07, 6.45) is -4.43. The second kappa shape index (κ2) is 6.39. The molecule has 0 amide bonds. The van der Waals surface area contributed by atoms with Crippen molar-refractivity contribution in [3.8, 4) is 5.75 Å². The molecule has 100 valence electrons. The van der Waals surface area contributed by atoms with Crippen molar-refractivity contribution in [2.45, 2.75) is 13.1 Å². The minimum Gasteiger partial charge on any atom is -0.493 e. The summed E-state index contributed by atoms with van der Waals surface area (Å²) in [4.78, 5) is 11.7. The number of para-hydroxylation sites is 1. The first-order valence-electron chi connectivity index (χ1n) is 5.33. The largest absolute Gasteiger partial charge is 0.493 e. The highest BCUT2D eigenvalue weighted by atomic mass is 19.4. The zero-order chi connectivity index (χ0) is 13.6. The molecule has 0 unspecified atom stereocenters. The lowest BCUT2D eigenvalue weighted by Gasteiger charge is -2.10. The van der Waals surface area contributed by atoms with E-state index in [1.165, 1.54) is 6.07 Å². The zero-order valence-corrected chi connectivity index (χ0v) is 9.79. The second-order valence-corrected chi connectivity index (χ2v) is 3.46. The number of rotatable bonds is 6. The number of halogens is 3. The van der Waals surface area contributed by atoms with Crippen LogP contribution < -0.4 is 4.74 Å². The van der Waals surface area contributed by atoms with Crippen LogP contribution in [0.2, 0.25) is 0 Å². The summed E-state index contributed by atoms with van der Waals surface area (Å²) in [5.74, 6) is -0.191. The van der Waals surface area contributed by atoms with E-state index in [1.807, 2.05) is 0 Å².